The van der Waals surface area contributed by atoms with Crippen molar-refractivity contribution in [3.8, 4) is 0 Å². The summed E-state index contributed by atoms with van der Waals surface area (Å²) in [5, 5.41) is 5.87. The summed E-state index contributed by atoms with van der Waals surface area (Å²) in [5.41, 5.74) is 2.79. The number of nitrogens with one attached hydrogen (secondary N) is 2. The van der Waals surface area contributed by atoms with E-state index in [4.69, 9.17) is 0 Å². The van der Waals surface area contributed by atoms with Crippen LogP contribution in [0.25, 0.3) is 0 Å². The first-order chi connectivity index (χ1) is 13.0. The molecule has 0 radical (unpaired) electrons. The lowest BCUT2D eigenvalue weighted by Gasteiger charge is -2.16. The number of carbonyl (C=O) groups is 2. The second kappa shape index (κ2) is 8.64. The number of hydrogen-bond donors (Lipinski definition) is 2. The van der Waals surface area contributed by atoms with Crippen molar-refractivity contribution in [1.82, 2.24) is 5.32 Å². The Hall–Kier alpha value is -2.92. The molecule has 0 saturated carbocycles. The van der Waals surface area contributed by atoms with Crippen LogP contribution in [0.15, 0.2) is 83.3 Å². The number of amides is 2. The Balaban J connectivity index is 1.68. The number of carbonyl (C=O) groups excluding carboxylic acids is 2. The predicted octanol–water partition coefficient (Wildman–Crippen LogP) is 5.19. The summed E-state index contributed by atoms with van der Waals surface area (Å²) >= 11 is 3.36. The third kappa shape index (κ3) is 5.05. The highest BCUT2D eigenvalue weighted by Gasteiger charge is 2.12. The van der Waals surface area contributed by atoms with E-state index in [0.717, 1.165) is 10.0 Å². The minimum atomic E-state index is -0.199. The van der Waals surface area contributed by atoms with Crippen molar-refractivity contribution >= 4 is 33.4 Å². The van der Waals surface area contributed by atoms with Crippen LogP contribution < -0.4 is 10.6 Å². The van der Waals surface area contributed by atoms with Gasteiger partial charge in [-0.2, -0.15) is 0 Å². The third-order valence-electron chi connectivity index (χ3n) is 4.13. The van der Waals surface area contributed by atoms with E-state index in [1.807, 2.05) is 61.5 Å². The average Bonchev–Trinajstić information content (AvgIpc) is 2.69. The lowest BCUT2D eigenvalue weighted by Crippen LogP contribution is -2.26. The lowest BCUT2D eigenvalue weighted by atomic mass is 10.1. The molecule has 27 heavy (non-hydrogen) atoms. The van der Waals surface area contributed by atoms with Crippen LogP contribution >= 0.6 is 15.9 Å². The SMILES string of the molecule is CC(NC(=O)c1ccc(Br)cc1)c1cccc(NC(=O)c2ccccc2)c1. The van der Waals surface area contributed by atoms with E-state index in [1.165, 1.54) is 0 Å². The largest absolute Gasteiger partial charge is 0.346 e. The lowest BCUT2D eigenvalue weighted by molar-refractivity contribution is 0.0939. The van der Waals surface area contributed by atoms with Crippen molar-refractivity contribution in [2.75, 3.05) is 5.32 Å². The normalized spacial score (nSPS) is 11.5. The molecule has 5 heteroatoms. The fourth-order valence-electron chi connectivity index (χ4n) is 2.64. The van der Waals surface area contributed by atoms with Gasteiger partial charge < -0.3 is 10.6 Å². The van der Waals surface area contributed by atoms with Gasteiger partial charge in [0.05, 0.1) is 6.04 Å². The molecule has 1 atom stereocenters. The van der Waals surface area contributed by atoms with E-state index in [2.05, 4.69) is 26.6 Å². The fraction of sp³-hybridized carbons (Fsp3) is 0.0909. The van der Waals surface area contributed by atoms with Crippen molar-refractivity contribution in [3.63, 3.8) is 0 Å². The molecule has 3 aromatic rings. The Kier molecular flexibility index (Phi) is 6.04. The molecule has 0 saturated heterocycles. The molecule has 3 aromatic carbocycles. The second-order valence-electron chi connectivity index (χ2n) is 6.15. The average molecular weight is 423 g/mol. The molecule has 0 aliphatic carbocycles. The molecule has 0 spiro atoms. The van der Waals surface area contributed by atoms with Crippen molar-refractivity contribution < 1.29 is 9.59 Å². The van der Waals surface area contributed by atoms with Crippen LogP contribution in [0.3, 0.4) is 0 Å². The van der Waals surface area contributed by atoms with Crippen molar-refractivity contribution in [1.29, 1.82) is 0 Å². The van der Waals surface area contributed by atoms with Gasteiger partial charge in [-0.3, -0.25) is 9.59 Å². The third-order valence-corrected chi connectivity index (χ3v) is 4.66. The van der Waals surface area contributed by atoms with Gasteiger partial charge in [0.1, 0.15) is 0 Å². The zero-order chi connectivity index (χ0) is 19.2. The molecular weight excluding hydrogens is 404 g/mol. The highest BCUT2D eigenvalue weighted by atomic mass is 79.9. The Bertz CT molecular complexity index is 940. The van der Waals surface area contributed by atoms with Gasteiger partial charge in [0.25, 0.3) is 11.8 Å². The maximum absolute atomic E-state index is 12.4. The Labute approximate surface area is 166 Å². The number of halogens is 1. The van der Waals surface area contributed by atoms with Crippen LogP contribution in [0.4, 0.5) is 5.69 Å². The minimum Gasteiger partial charge on any atom is -0.346 e. The molecule has 0 bridgehead atoms. The topological polar surface area (TPSA) is 58.2 Å². The first kappa shape index (κ1) is 18.9. The summed E-state index contributed by atoms with van der Waals surface area (Å²) in [6.45, 7) is 1.91. The summed E-state index contributed by atoms with van der Waals surface area (Å²) in [4.78, 5) is 24.7. The van der Waals surface area contributed by atoms with Gasteiger partial charge >= 0.3 is 0 Å². The van der Waals surface area contributed by atoms with Crippen LogP contribution in [0, 0.1) is 0 Å². The maximum Gasteiger partial charge on any atom is 0.255 e. The molecule has 136 valence electrons. The van der Waals surface area contributed by atoms with E-state index in [1.54, 1.807) is 24.3 Å². The Morgan fingerprint density at radius 1 is 0.815 bits per heavy atom. The molecule has 0 heterocycles. The zero-order valence-corrected chi connectivity index (χ0v) is 16.4. The van der Waals surface area contributed by atoms with E-state index in [0.29, 0.717) is 16.8 Å². The first-order valence-corrected chi connectivity index (χ1v) is 9.35. The molecular formula is C22H19BrN2O2. The van der Waals surface area contributed by atoms with E-state index in [9.17, 15) is 9.59 Å². The summed E-state index contributed by atoms with van der Waals surface area (Å²) in [5.74, 6) is -0.312. The maximum atomic E-state index is 12.4. The molecule has 0 fully saturated rings. The highest BCUT2D eigenvalue weighted by molar-refractivity contribution is 9.10. The number of benzene rings is 3. The number of anilines is 1. The molecule has 0 aromatic heterocycles. The Morgan fingerprint density at radius 3 is 2.19 bits per heavy atom. The summed E-state index contributed by atoms with van der Waals surface area (Å²) in [6, 6.07) is 23.5. The fourth-order valence-corrected chi connectivity index (χ4v) is 2.91. The van der Waals surface area contributed by atoms with Gasteiger partial charge in [0.2, 0.25) is 0 Å². The van der Waals surface area contributed by atoms with Crippen LogP contribution in [0.5, 0.6) is 0 Å². The van der Waals surface area contributed by atoms with Crippen LogP contribution in [0.1, 0.15) is 39.2 Å². The van der Waals surface area contributed by atoms with E-state index >= 15 is 0 Å². The quantitative estimate of drug-likeness (QED) is 0.593. The molecule has 3 rings (SSSR count). The van der Waals surface area contributed by atoms with Crippen LogP contribution in [0.2, 0.25) is 0 Å². The van der Waals surface area contributed by atoms with Crippen molar-refractivity contribution in [3.05, 3.63) is 100 Å². The summed E-state index contributed by atoms with van der Waals surface area (Å²) in [7, 11) is 0. The standard InChI is InChI=1S/C22H19BrN2O2/c1-15(24-21(26)17-10-12-19(23)13-11-17)18-8-5-9-20(14-18)25-22(27)16-6-3-2-4-7-16/h2-15H,1H3,(H,24,26)(H,25,27). The van der Waals surface area contributed by atoms with E-state index in [-0.39, 0.29) is 17.9 Å². The van der Waals surface area contributed by atoms with Crippen molar-refractivity contribution in [2.45, 2.75) is 13.0 Å². The minimum absolute atomic E-state index is 0.145. The van der Waals surface area contributed by atoms with Crippen LogP contribution in [-0.4, -0.2) is 11.8 Å². The van der Waals surface area contributed by atoms with Gasteiger partial charge in [-0.15, -0.1) is 0 Å². The molecule has 0 aliphatic heterocycles. The summed E-state index contributed by atoms with van der Waals surface area (Å²) in [6.07, 6.45) is 0. The second-order valence-corrected chi connectivity index (χ2v) is 7.06. The molecule has 0 aliphatic rings. The molecule has 1 unspecified atom stereocenters. The van der Waals surface area contributed by atoms with Gasteiger partial charge in [0, 0.05) is 21.3 Å². The first-order valence-electron chi connectivity index (χ1n) is 8.56. The number of rotatable bonds is 5. The van der Waals surface area contributed by atoms with Crippen molar-refractivity contribution in [2.24, 2.45) is 0 Å². The highest BCUT2D eigenvalue weighted by Crippen LogP contribution is 2.19. The van der Waals surface area contributed by atoms with Gasteiger partial charge in [-0.25, -0.2) is 0 Å². The van der Waals surface area contributed by atoms with Gasteiger partial charge in [-0.05, 0) is 61.0 Å². The number of hydrogen-bond acceptors (Lipinski definition) is 2. The monoisotopic (exact) mass is 422 g/mol. The summed E-state index contributed by atoms with van der Waals surface area (Å²) < 4.78 is 0.925. The van der Waals surface area contributed by atoms with Crippen LogP contribution in [-0.2, 0) is 0 Å². The van der Waals surface area contributed by atoms with Gasteiger partial charge in [0.15, 0.2) is 0 Å². The molecule has 2 N–H and O–H groups in total. The smallest absolute Gasteiger partial charge is 0.255 e. The zero-order valence-electron chi connectivity index (χ0n) is 14.8. The Morgan fingerprint density at radius 2 is 1.48 bits per heavy atom. The predicted molar refractivity (Wildman–Crippen MR) is 111 cm³/mol. The molecule has 4 nitrogen and oxygen atoms in total. The molecule has 2 amide bonds. The van der Waals surface area contributed by atoms with Gasteiger partial charge in [-0.1, -0.05) is 46.3 Å². The van der Waals surface area contributed by atoms with E-state index < -0.39 is 0 Å².